The molecule has 0 aromatic heterocycles. The van der Waals surface area contributed by atoms with Crippen LogP contribution in [0.5, 0.6) is 5.75 Å². The minimum atomic E-state index is -0.414. The Bertz CT molecular complexity index is 476. The van der Waals surface area contributed by atoms with Crippen molar-refractivity contribution in [3.8, 4) is 5.75 Å². The Morgan fingerprint density at radius 1 is 1.29 bits per heavy atom. The molecule has 1 aromatic carbocycles. The van der Waals surface area contributed by atoms with Crippen molar-refractivity contribution in [1.29, 1.82) is 0 Å². The van der Waals surface area contributed by atoms with Gasteiger partial charge in [-0.15, -0.1) is 0 Å². The summed E-state index contributed by atoms with van der Waals surface area (Å²) in [5.74, 6) is -0.147. The van der Waals surface area contributed by atoms with Gasteiger partial charge in [-0.25, -0.2) is 0 Å². The fourth-order valence-corrected chi connectivity index (χ4v) is 1.77. The number of rotatable bonds is 8. The Morgan fingerprint density at radius 3 is 2.67 bits per heavy atom. The lowest BCUT2D eigenvalue weighted by atomic mass is 10.3. The molecule has 0 fully saturated rings. The van der Waals surface area contributed by atoms with Crippen molar-refractivity contribution < 1.29 is 19.1 Å². The van der Waals surface area contributed by atoms with Crippen LogP contribution < -0.4 is 10.5 Å². The number of amides is 1. The number of carbonyl (C=O) groups excluding carboxylic acids is 2. The summed E-state index contributed by atoms with van der Waals surface area (Å²) in [5, 5.41) is 0. The van der Waals surface area contributed by atoms with E-state index in [0.29, 0.717) is 24.6 Å². The minimum absolute atomic E-state index is 0.0548. The lowest BCUT2D eigenvalue weighted by Crippen LogP contribution is -2.39. The van der Waals surface area contributed by atoms with E-state index < -0.39 is 5.97 Å². The van der Waals surface area contributed by atoms with Crippen molar-refractivity contribution in [1.82, 2.24) is 4.90 Å². The first kappa shape index (κ1) is 16.8. The molecule has 0 atom stereocenters. The molecule has 0 aliphatic carbocycles. The highest BCUT2D eigenvalue weighted by molar-refractivity contribution is 5.83. The number of nitrogens with zero attached hydrogens (tertiary/aromatic N) is 1. The van der Waals surface area contributed by atoms with E-state index in [-0.39, 0.29) is 19.1 Å². The molecule has 1 amide bonds. The Labute approximate surface area is 124 Å². The predicted molar refractivity (Wildman–Crippen MR) is 79.9 cm³/mol. The average Bonchev–Trinajstić information content (AvgIpc) is 2.44. The second-order valence-corrected chi connectivity index (χ2v) is 4.48. The molecule has 6 nitrogen and oxygen atoms in total. The third-order valence-electron chi connectivity index (χ3n) is 2.69. The van der Waals surface area contributed by atoms with Gasteiger partial charge in [0.2, 0.25) is 0 Å². The van der Waals surface area contributed by atoms with E-state index in [1.807, 2.05) is 6.92 Å². The Balaban J connectivity index is 2.54. The van der Waals surface area contributed by atoms with E-state index in [1.165, 1.54) is 4.90 Å². The van der Waals surface area contributed by atoms with Gasteiger partial charge in [0.25, 0.3) is 5.91 Å². The van der Waals surface area contributed by atoms with Crippen LogP contribution in [0.15, 0.2) is 24.3 Å². The van der Waals surface area contributed by atoms with Crippen LogP contribution in [0.25, 0.3) is 0 Å². The quantitative estimate of drug-likeness (QED) is 0.579. The summed E-state index contributed by atoms with van der Waals surface area (Å²) in [6.45, 7) is 4.26. The zero-order valence-corrected chi connectivity index (χ0v) is 12.5. The molecule has 0 saturated heterocycles. The number of ether oxygens (including phenoxy) is 2. The van der Waals surface area contributed by atoms with E-state index >= 15 is 0 Å². The number of nitrogens with two attached hydrogens (primary N) is 1. The maximum absolute atomic E-state index is 12.1. The summed E-state index contributed by atoms with van der Waals surface area (Å²) < 4.78 is 10.3. The Hall–Kier alpha value is -2.24. The molecular formula is C15H22N2O4. The Kier molecular flexibility index (Phi) is 7.08. The maximum atomic E-state index is 12.1. The van der Waals surface area contributed by atoms with E-state index in [1.54, 1.807) is 31.2 Å². The molecule has 0 spiro atoms. The van der Waals surface area contributed by atoms with Gasteiger partial charge in [-0.05, 0) is 25.5 Å². The zero-order chi connectivity index (χ0) is 15.7. The molecule has 0 aliphatic heterocycles. The van der Waals surface area contributed by atoms with Crippen LogP contribution in [0.2, 0.25) is 0 Å². The molecule has 0 saturated carbocycles. The monoisotopic (exact) mass is 294 g/mol. The van der Waals surface area contributed by atoms with Gasteiger partial charge < -0.3 is 20.1 Å². The summed E-state index contributed by atoms with van der Waals surface area (Å²) >= 11 is 0. The summed E-state index contributed by atoms with van der Waals surface area (Å²) in [7, 11) is 0. The van der Waals surface area contributed by atoms with Gasteiger partial charge in [0.1, 0.15) is 12.3 Å². The molecule has 1 rings (SSSR count). The molecule has 0 radical (unpaired) electrons. The van der Waals surface area contributed by atoms with Gasteiger partial charge in [0, 0.05) is 18.3 Å². The topological polar surface area (TPSA) is 81.9 Å². The standard InChI is InChI=1S/C15H22N2O4/c1-3-8-17(10-15(19)20-4-2)14(18)11-21-13-7-5-6-12(16)9-13/h5-7,9H,3-4,8,10-11,16H2,1-2H3. The number of nitrogen functional groups attached to an aromatic ring is 1. The molecule has 0 heterocycles. The first-order chi connectivity index (χ1) is 10.1. The van der Waals surface area contributed by atoms with Gasteiger partial charge in [-0.1, -0.05) is 13.0 Å². The van der Waals surface area contributed by atoms with E-state index in [0.717, 1.165) is 6.42 Å². The number of esters is 1. The van der Waals surface area contributed by atoms with Crippen LogP contribution in [0.4, 0.5) is 5.69 Å². The number of benzene rings is 1. The van der Waals surface area contributed by atoms with Crippen molar-refractivity contribution in [2.75, 3.05) is 32.0 Å². The second kappa shape index (κ2) is 8.84. The van der Waals surface area contributed by atoms with Crippen LogP contribution in [0.3, 0.4) is 0 Å². The van der Waals surface area contributed by atoms with Gasteiger partial charge in [0.15, 0.2) is 6.61 Å². The van der Waals surface area contributed by atoms with Crippen LogP contribution in [-0.2, 0) is 14.3 Å². The van der Waals surface area contributed by atoms with Crippen LogP contribution in [0, 0.1) is 0 Å². The van der Waals surface area contributed by atoms with E-state index in [2.05, 4.69) is 0 Å². The second-order valence-electron chi connectivity index (χ2n) is 4.48. The molecule has 0 aliphatic rings. The van der Waals surface area contributed by atoms with Gasteiger partial charge in [0.05, 0.1) is 6.61 Å². The number of anilines is 1. The maximum Gasteiger partial charge on any atom is 0.325 e. The lowest BCUT2D eigenvalue weighted by Gasteiger charge is -2.21. The molecule has 21 heavy (non-hydrogen) atoms. The third kappa shape index (κ3) is 6.16. The Morgan fingerprint density at radius 2 is 2.05 bits per heavy atom. The lowest BCUT2D eigenvalue weighted by molar-refractivity contribution is -0.149. The molecule has 2 N–H and O–H groups in total. The van der Waals surface area contributed by atoms with Crippen molar-refractivity contribution in [2.24, 2.45) is 0 Å². The van der Waals surface area contributed by atoms with Crippen molar-refractivity contribution in [3.05, 3.63) is 24.3 Å². The van der Waals surface area contributed by atoms with Gasteiger partial charge in [-0.3, -0.25) is 9.59 Å². The smallest absolute Gasteiger partial charge is 0.325 e. The molecule has 116 valence electrons. The van der Waals surface area contributed by atoms with Crippen molar-refractivity contribution in [3.63, 3.8) is 0 Å². The largest absolute Gasteiger partial charge is 0.484 e. The molecule has 6 heteroatoms. The van der Waals surface area contributed by atoms with Crippen molar-refractivity contribution in [2.45, 2.75) is 20.3 Å². The van der Waals surface area contributed by atoms with E-state index in [9.17, 15) is 9.59 Å². The first-order valence-electron chi connectivity index (χ1n) is 6.98. The molecular weight excluding hydrogens is 272 g/mol. The summed E-state index contributed by atoms with van der Waals surface area (Å²) in [5.41, 5.74) is 6.20. The molecule has 0 unspecified atom stereocenters. The fourth-order valence-electron chi connectivity index (χ4n) is 1.77. The summed E-state index contributed by atoms with van der Waals surface area (Å²) in [6.07, 6.45) is 0.753. The van der Waals surface area contributed by atoms with E-state index in [4.69, 9.17) is 15.2 Å². The highest BCUT2D eigenvalue weighted by Crippen LogP contribution is 2.14. The van der Waals surface area contributed by atoms with Gasteiger partial charge >= 0.3 is 5.97 Å². The van der Waals surface area contributed by atoms with Crippen LogP contribution >= 0.6 is 0 Å². The predicted octanol–water partition coefficient (Wildman–Crippen LogP) is 1.45. The van der Waals surface area contributed by atoms with Crippen LogP contribution in [-0.4, -0.2) is 43.1 Å². The number of carbonyl (C=O) groups is 2. The average molecular weight is 294 g/mol. The highest BCUT2D eigenvalue weighted by atomic mass is 16.5. The SMILES string of the molecule is CCCN(CC(=O)OCC)C(=O)COc1cccc(N)c1. The summed E-state index contributed by atoms with van der Waals surface area (Å²) in [6, 6.07) is 6.85. The first-order valence-corrected chi connectivity index (χ1v) is 6.98. The number of hydrogen-bond acceptors (Lipinski definition) is 5. The van der Waals surface area contributed by atoms with Crippen LogP contribution in [0.1, 0.15) is 20.3 Å². The summed E-state index contributed by atoms with van der Waals surface area (Å²) in [4.78, 5) is 25.0. The molecule has 0 bridgehead atoms. The minimum Gasteiger partial charge on any atom is -0.484 e. The van der Waals surface area contributed by atoms with Gasteiger partial charge in [-0.2, -0.15) is 0 Å². The number of hydrogen-bond donors (Lipinski definition) is 1. The third-order valence-corrected chi connectivity index (χ3v) is 2.69. The normalized spacial score (nSPS) is 10.0. The highest BCUT2D eigenvalue weighted by Gasteiger charge is 2.17. The fraction of sp³-hybridized carbons (Fsp3) is 0.467. The van der Waals surface area contributed by atoms with Crippen molar-refractivity contribution >= 4 is 17.6 Å². The molecule has 1 aromatic rings. The zero-order valence-electron chi connectivity index (χ0n) is 12.5.